The minimum absolute atomic E-state index is 0.218. The van der Waals surface area contributed by atoms with E-state index in [1.54, 1.807) is 11.8 Å². The van der Waals surface area contributed by atoms with Crippen LogP contribution in [0.1, 0.15) is 18.9 Å². The second-order valence-electron chi connectivity index (χ2n) is 4.71. The average molecular weight is 346 g/mol. The van der Waals surface area contributed by atoms with Gasteiger partial charge in [0.1, 0.15) is 17.9 Å². The Hall–Kier alpha value is -1.64. The van der Waals surface area contributed by atoms with Gasteiger partial charge in [-0.2, -0.15) is 11.8 Å². The number of halogens is 1. The molecule has 1 aromatic carbocycles. The number of carbonyl (C=O) groups is 2. The molecule has 2 atom stereocenters. The van der Waals surface area contributed by atoms with Crippen molar-refractivity contribution >= 4 is 23.7 Å². The van der Waals surface area contributed by atoms with E-state index in [4.69, 9.17) is 21.7 Å². The first kappa shape index (κ1) is 21.4. The third kappa shape index (κ3) is 10.7. The van der Waals surface area contributed by atoms with E-state index in [1.165, 1.54) is 24.3 Å². The van der Waals surface area contributed by atoms with Gasteiger partial charge in [-0.1, -0.05) is 19.1 Å². The first-order valence-electron chi connectivity index (χ1n) is 7.06. The van der Waals surface area contributed by atoms with Gasteiger partial charge in [0.15, 0.2) is 0 Å². The first-order valence-corrected chi connectivity index (χ1v) is 8.22. The highest BCUT2D eigenvalue weighted by Crippen LogP contribution is 2.05. The molecule has 0 fully saturated rings. The molecule has 0 spiro atoms. The molecule has 0 aliphatic heterocycles. The van der Waals surface area contributed by atoms with Crippen molar-refractivity contribution in [3.63, 3.8) is 0 Å². The summed E-state index contributed by atoms with van der Waals surface area (Å²) in [6, 6.07) is 4.01. The molecule has 0 saturated carbocycles. The maximum Gasteiger partial charge on any atom is 0.320 e. The molecule has 23 heavy (non-hydrogen) atoms. The van der Waals surface area contributed by atoms with Gasteiger partial charge in [0.05, 0.1) is 0 Å². The van der Waals surface area contributed by atoms with Crippen LogP contribution in [0.15, 0.2) is 24.3 Å². The number of hydrogen-bond donors (Lipinski definition) is 4. The molecule has 0 radical (unpaired) electrons. The molecule has 0 aromatic heterocycles. The zero-order valence-corrected chi connectivity index (χ0v) is 13.8. The van der Waals surface area contributed by atoms with Crippen molar-refractivity contribution in [3.05, 3.63) is 35.6 Å². The maximum absolute atomic E-state index is 12.4. The lowest BCUT2D eigenvalue weighted by molar-refractivity contribution is -0.139. The Bertz CT molecular complexity index is 485. The van der Waals surface area contributed by atoms with Gasteiger partial charge in [-0.05, 0) is 42.0 Å². The number of carboxylic acids is 2. The Labute approximate surface area is 139 Å². The highest BCUT2D eigenvalue weighted by molar-refractivity contribution is 7.99. The lowest BCUT2D eigenvalue weighted by Gasteiger charge is -2.05. The third-order valence-corrected chi connectivity index (χ3v) is 3.71. The molecule has 0 bridgehead atoms. The molecule has 0 aliphatic carbocycles. The molecule has 8 heteroatoms. The summed E-state index contributed by atoms with van der Waals surface area (Å²) in [4.78, 5) is 20.5. The highest BCUT2D eigenvalue weighted by Gasteiger charge is 2.11. The topological polar surface area (TPSA) is 127 Å². The summed E-state index contributed by atoms with van der Waals surface area (Å²) >= 11 is 1.71. The second-order valence-corrected chi connectivity index (χ2v) is 6.10. The number of hydrogen-bond acceptors (Lipinski definition) is 5. The summed E-state index contributed by atoms with van der Waals surface area (Å²) in [6.45, 7) is 2.04. The van der Waals surface area contributed by atoms with Crippen LogP contribution >= 0.6 is 11.8 Å². The van der Waals surface area contributed by atoms with E-state index in [2.05, 4.69) is 0 Å². The third-order valence-electron chi connectivity index (χ3n) is 2.78. The summed E-state index contributed by atoms with van der Waals surface area (Å²) < 4.78 is 12.4. The SMILES string of the molecule is CCSCC[C@H](N)C(=O)O.N[C@@H](Cc1ccc(F)cc1)C(=O)O. The van der Waals surface area contributed by atoms with E-state index in [1.807, 2.05) is 6.92 Å². The number of thioether (sulfide) groups is 1. The van der Waals surface area contributed by atoms with Crippen molar-refractivity contribution in [2.45, 2.75) is 31.8 Å². The van der Waals surface area contributed by atoms with Crippen LogP contribution in [0.2, 0.25) is 0 Å². The van der Waals surface area contributed by atoms with Crippen LogP contribution in [-0.2, 0) is 16.0 Å². The molecule has 0 unspecified atom stereocenters. The van der Waals surface area contributed by atoms with Gasteiger partial charge in [-0.15, -0.1) is 0 Å². The summed E-state index contributed by atoms with van der Waals surface area (Å²) in [6.07, 6.45) is 0.781. The molecule has 1 aromatic rings. The Kier molecular flexibility index (Phi) is 11.0. The molecule has 130 valence electrons. The Balaban J connectivity index is 0.000000438. The van der Waals surface area contributed by atoms with Crippen molar-refractivity contribution in [2.75, 3.05) is 11.5 Å². The van der Waals surface area contributed by atoms with Gasteiger partial charge >= 0.3 is 11.9 Å². The largest absolute Gasteiger partial charge is 0.480 e. The van der Waals surface area contributed by atoms with Crippen LogP contribution in [-0.4, -0.2) is 45.7 Å². The minimum atomic E-state index is -1.05. The van der Waals surface area contributed by atoms with E-state index < -0.39 is 24.0 Å². The lowest BCUT2D eigenvalue weighted by Crippen LogP contribution is -2.32. The summed E-state index contributed by atoms with van der Waals surface area (Å²) in [5, 5.41) is 16.8. The predicted molar refractivity (Wildman–Crippen MR) is 88.9 cm³/mol. The smallest absolute Gasteiger partial charge is 0.320 e. The fourth-order valence-electron chi connectivity index (χ4n) is 1.44. The lowest BCUT2D eigenvalue weighted by atomic mass is 10.1. The number of nitrogens with two attached hydrogens (primary N) is 2. The normalized spacial score (nSPS) is 12.7. The molecule has 0 heterocycles. The summed E-state index contributed by atoms with van der Waals surface area (Å²) in [5.41, 5.74) is 11.3. The summed E-state index contributed by atoms with van der Waals surface area (Å²) in [5.74, 6) is -0.440. The Morgan fingerprint density at radius 2 is 1.65 bits per heavy atom. The van der Waals surface area contributed by atoms with Crippen molar-refractivity contribution in [3.8, 4) is 0 Å². The number of rotatable bonds is 8. The molecular weight excluding hydrogens is 323 g/mol. The Morgan fingerprint density at radius 3 is 2.09 bits per heavy atom. The van der Waals surface area contributed by atoms with Crippen molar-refractivity contribution in [1.29, 1.82) is 0 Å². The molecule has 6 nitrogen and oxygen atoms in total. The fourth-order valence-corrected chi connectivity index (χ4v) is 2.15. The van der Waals surface area contributed by atoms with E-state index in [0.29, 0.717) is 6.42 Å². The molecule has 1 rings (SSSR count). The maximum atomic E-state index is 12.4. The number of carboxylic acid groups (broad SMARTS) is 2. The van der Waals surface area contributed by atoms with Gasteiger partial charge in [0, 0.05) is 0 Å². The van der Waals surface area contributed by atoms with Crippen LogP contribution in [0.4, 0.5) is 4.39 Å². The fraction of sp³-hybridized carbons (Fsp3) is 0.467. The standard InChI is InChI=1S/C9H10FNO2.C6H13NO2S/c10-7-3-1-6(2-4-7)5-8(11)9(12)13;1-2-10-4-3-5(7)6(8)9/h1-4,8H,5,11H2,(H,12,13);5H,2-4,7H2,1H3,(H,8,9)/t8-;5-/m00/s1. The minimum Gasteiger partial charge on any atom is -0.480 e. The van der Waals surface area contributed by atoms with E-state index >= 15 is 0 Å². The highest BCUT2D eigenvalue weighted by atomic mass is 32.2. The molecule has 6 N–H and O–H groups in total. The molecular formula is C15H23FN2O4S. The number of aliphatic carboxylic acids is 2. The first-order chi connectivity index (χ1) is 10.8. The van der Waals surface area contributed by atoms with Gasteiger partial charge in [0.2, 0.25) is 0 Å². The van der Waals surface area contributed by atoms with E-state index in [9.17, 15) is 14.0 Å². The van der Waals surface area contributed by atoms with Crippen LogP contribution in [0.5, 0.6) is 0 Å². The Morgan fingerprint density at radius 1 is 1.13 bits per heavy atom. The zero-order chi connectivity index (χ0) is 17.8. The molecule has 0 amide bonds. The quantitative estimate of drug-likeness (QED) is 0.523. The van der Waals surface area contributed by atoms with Crippen molar-refractivity contribution < 1.29 is 24.2 Å². The number of benzene rings is 1. The van der Waals surface area contributed by atoms with Crippen molar-refractivity contribution in [1.82, 2.24) is 0 Å². The predicted octanol–water partition coefficient (Wildman–Crippen LogP) is 1.32. The van der Waals surface area contributed by atoms with Crippen molar-refractivity contribution in [2.24, 2.45) is 11.5 Å². The molecule has 0 saturated heterocycles. The van der Waals surface area contributed by atoms with Crippen LogP contribution < -0.4 is 11.5 Å². The zero-order valence-electron chi connectivity index (χ0n) is 12.9. The molecule has 0 aliphatic rings. The van der Waals surface area contributed by atoms with Crippen LogP contribution in [0.25, 0.3) is 0 Å². The summed E-state index contributed by atoms with van der Waals surface area (Å²) in [7, 11) is 0. The monoisotopic (exact) mass is 346 g/mol. The van der Waals surface area contributed by atoms with E-state index in [-0.39, 0.29) is 12.2 Å². The average Bonchev–Trinajstić information content (AvgIpc) is 2.50. The van der Waals surface area contributed by atoms with Crippen LogP contribution in [0, 0.1) is 5.82 Å². The van der Waals surface area contributed by atoms with Gasteiger partial charge in [0.25, 0.3) is 0 Å². The van der Waals surface area contributed by atoms with Crippen LogP contribution in [0.3, 0.4) is 0 Å². The second kappa shape index (κ2) is 11.9. The van der Waals surface area contributed by atoms with Gasteiger partial charge in [-0.3, -0.25) is 9.59 Å². The van der Waals surface area contributed by atoms with E-state index in [0.717, 1.165) is 17.1 Å². The van der Waals surface area contributed by atoms with Gasteiger partial charge < -0.3 is 21.7 Å². The van der Waals surface area contributed by atoms with Gasteiger partial charge in [-0.25, -0.2) is 4.39 Å².